The van der Waals surface area contributed by atoms with Crippen LogP contribution >= 0.6 is 0 Å². The molecule has 0 fully saturated rings. The number of carbonyl (C=O) groups is 1. The molecule has 0 aromatic carbocycles. The van der Waals surface area contributed by atoms with Gasteiger partial charge in [0.1, 0.15) is 12.7 Å². The second kappa shape index (κ2) is 4.00. The largest absolute Gasteiger partial charge is 0.481 e. The van der Waals surface area contributed by atoms with Gasteiger partial charge in [-0.15, -0.1) is 0 Å². The fourth-order valence-electron chi connectivity index (χ4n) is 0.197. The normalized spacial score (nSPS) is 7.38. The van der Waals surface area contributed by atoms with Crippen molar-refractivity contribution in [2.75, 3.05) is 6.61 Å². The maximum absolute atomic E-state index is 9.73. The molecule has 0 aliphatic heterocycles. The molecular weight excluding hydrogens is 108 g/mol. The van der Waals surface area contributed by atoms with E-state index in [0.29, 0.717) is 0 Å². The molecule has 0 aliphatic rings. The molecule has 1 N–H and O–H groups in total. The fraction of sp³-hybridized carbons (Fsp3) is 0.400. The van der Waals surface area contributed by atoms with Crippen molar-refractivity contribution < 1.29 is 14.6 Å². The smallest absolute Gasteiger partial charge is 0.306 e. The van der Waals surface area contributed by atoms with Crippen molar-refractivity contribution in [3.8, 4) is 12.5 Å². The molecule has 0 aliphatic carbocycles. The minimum atomic E-state index is -0.903. The summed E-state index contributed by atoms with van der Waals surface area (Å²) in [5.74, 6) is -0.903. The van der Waals surface area contributed by atoms with Gasteiger partial charge in [-0.25, -0.2) is 0 Å². The molecule has 0 unspecified atom stereocenters. The number of ether oxygens (including phenoxy) is 1. The van der Waals surface area contributed by atoms with Crippen molar-refractivity contribution in [3.63, 3.8) is 0 Å². The maximum atomic E-state index is 9.73. The molecule has 8 heavy (non-hydrogen) atoms. The van der Waals surface area contributed by atoms with Gasteiger partial charge in [0.2, 0.25) is 0 Å². The van der Waals surface area contributed by atoms with Crippen LogP contribution in [-0.4, -0.2) is 17.7 Å². The molecule has 0 heterocycles. The monoisotopic (exact) mass is 114 g/mol. The Bertz CT molecular complexity index is 111. The lowest BCUT2D eigenvalue weighted by Crippen LogP contribution is -1.99. The minimum Gasteiger partial charge on any atom is -0.481 e. The molecule has 0 radical (unpaired) electrons. The predicted molar refractivity (Wildman–Crippen MR) is 27.0 cm³/mol. The first-order chi connectivity index (χ1) is 3.77. The zero-order valence-electron chi connectivity index (χ0n) is 4.26. The Kier molecular flexibility index (Phi) is 3.42. The van der Waals surface area contributed by atoms with E-state index in [2.05, 4.69) is 11.2 Å². The molecule has 0 spiro atoms. The number of aliphatic carboxylic acids is 1. The number of hydrogen-bond donors (Lipinski definition) is 1. The number of rotatable bonds is 3. The predicted octanol–water partition coefficient (Wildman–Crippen LogP) is 0.0684. The Morgan fingerprint density at radius 1 is 1.88 bits per heavy atom. The second-order valence-electron chi connectivity index (χ2n) is 1.11. The highest BCUT2D eigenvalue weighted by Gasteiger charge is 1.92. The van der Waals surface area contributed by atoms with E-state index in [9.17, 15) is 4.79 Å². The maximum Gasteiger partial charge on any atom is 0.306 e. The Labute approximate surface area is 47.3 Å². The van der Waals surface area contributed by atoms with E-state index < -0.39 is 5.97 Å². The van der Waals surface area contributed by atoms with Crippen molar-refractivity contribution in [3.05, 3.63) is 0 Å². The van der Waals surface area contributed by atoms with E-state index in [1.165, 1.54) is 0 Å². The molecule has 0 aromatic heterocycles. The Morgan fingerprint density at radius 2 is 2.50 bits per heavy atom. The number of carboxylic acid groups (broad SMARTS) is 1. The minimum absolute atomic E-state index is 0.0375. The summed E-state index contributed by atoms with van der Waals surface area (Å²) >= 11 is 0. The zero-order valence-corrected chi connectivity index (χ0v) is 4.26. The number of carboxylic acids is 1. The molecule has 0 aromatic rings. The van der Waals surface area contributed by atoms with Crippen LogP contribution < -0.4 is 0 Å². The molecule has 3 heteroatoms. The summed E-state index contributed by atoms with van der Waals surface area (Å²) < 4.78 is 4.29. The first-order valence-electron chi connectivity index (χ1n) is 2.06. The van der Waals surface area contributed by atoms with Gasteiger partial charge >= 0.3 is 5.97 Å². The summed E-state index contributed by atoms with van der Waals surface area (Å²) in [5.41, 5.74) is 0. The lowest BCUT2D eigenvalue weighted by Gasteiger charge is -1.89. The summed E-state index contributed by atoms with van der Waals surface area (Å²) in [5, 5.41) is 7.99. The van der Waals surface area contributed by atoms with E-state index in [1.54, 1.807) is 0 Å². The molecule has 0 rings (SSSR count). The van der Waals surface area contributed by atoms with Crippen molar-refractivity contribution in [1.82, 2.24) is 0 Å². The first-order valence-corrected chi connectivity index (χ1v) is 2.06. The molecule has 0 saturated heterocycles. The van der Waals surface area contributed by atoms with Crippen LogP contribution in [0.1, 0.15) is 6.42 Å². The summed E-state index contributed by atoms with van der Waals surface area (Å²) in [6.45, 7) is 0.0891. The van der Waals surface area contributed by atoms with E-state index >= 15 is 0 Å². The highest BCUT2D eigenvalue weighted by Crippen LogP contribution is 1.78. The van der Waals surface area contributed by atoms with Gasteiger partial charge in [0.15, 0.2) is 0 Å². The lowest BCUT2D eigenvalue weighted by molar-refractivity contribution is -0.137. The molecular formula is C5H6O3. The summed E-state index contributed by atoms with van der Waals surface area (Å²) in [7, 11) is 0. The van der Waals surface area contributed by atoms with Gasteiger partial charge in [0, 0.05) is 0 Å². The summed E-state index contributed by atoms with van der Waals surface area (Å²) in [4.78, 5) is 9.73. The standard InChI is InChI=1S/C5H6O3/c1-2-8-4-3-5(6)7/h1H,3-4H2,(H,6,7). The van der Waals surface area contributed by atoms with Crippen LogP contribution in [0.25, 0.3) is 0 Å². The van der Waals surface area contributed by atoms with Gasteiger partial charge in [-0.1, -0.05) is 6.42 Å². The Hall–Kier alpha value is -1.17. The van der Waals surface area contributed by atoms with Gasteiger partial charge in [0.25, 0.3) is 0 Å². The fourth-order valence-corrected chi connectivity index (χ4v) is 0.197. The van der Waals surface area contributed by atoms with Gasteiger partial charge in [-0.3, -0.25) is 4.79 Å². The third-order valence-electron chi connectivity index (χ3n) is 0.501. The number of terminal acetylenes is 1. The van der Waals surface area contributed by atoms with Crippen LogP contribution in [0.3, 0.4) is 0 Å². The second-order valence-corrected chi connectivity index (χ2v) is 1.11. The zero-order chi connectivity index (χ0) is 6.41. The average molecular weight is 114 g/mol. The van der Waals surface area contributed by atoms with Crippen molar-refractivity contribution in [1.29, 1.82) is 0 Å². The Balaban J connectivity index is 2.97. The van der Waals surface area contributed by atoms with Crippen LogP contribution in [0.2, 0.25) is 0 Å². The van der Waals surface area contributed by atoms with E-state index in [-0.39, 0.29) is 13.0 Å². The topological polar surface area (TPSA) is 46.5 Å². The first kappa shape index (κ1) is 6.83. The highest BCUT2D eigenvalue weighted by atomic mass is 16.5. The SMILES string of the molecule is C#COCCC(=O)O. The van der Waals surface area contributed by atoms with Gasteiger partial charge in [0.05, 0.1) is 6.42 Å². The van der Waals surface area contributed by atoms with Crippen LogP contribution in [-0.2, 0) is 9.53 Å². The molecule has 3 nitrogen and oxygen atoms in total. The van der Waals surface area contributed by atoms with Crippen LogP contribution in [0.5, 0.6) is 0 Å². The van der Waals surface area contributed by atoms with Gasteiger partial charge in [-0.05, 0) is 0 Å². The third-order valence-corrected chi connectivity index (χ3v) is 0.501. The van der Waals surface area contributed by atoms with Crippen molar-refractivity contribution in [2.24, 2.45) is 0 Å². The van der Waals surface area contributed by atoms with E-state index in [4.69, 9.17) is 5.11 Å². The van der Waals surface area contributed by atoms with Gasteiger partial charge in [-0.2, -0.15) is 0 Å². The quantitative estimate of drug-likeness (QED) is 0.417. The summed E-state index contributed by atoms with van der Waals surface area (Å²) in [6.07, 6.45) is 6.47. The van der Waals surface area contributed by atoms with E-state index in [0.717, 1.165) is 0 Å². The van der Waals surface area contributed by atoms with Crippen LogP contribution in [0.15, 0.2) is 0 Å². The Morgan fingerprint density at radius 3 is 2.88 bits per heavy atom. The molecule has 0 bridgehead atoms. The van der Waals surface area contributed by atoms with Crippen molar-refractivity contribution in [2.45, 2.75) is 6.42 Å². The summed E-state index contributed by atoms with van der Waals surface area (Å²) in [6, 6.07) is 0. The highest BCUT2D eigenvalue weighted by molar-refractivity contribution is 5.66. The average Bonchev–Trinajstić information content (AvgIpc) is 1.66. The van der Waals surface area contributed by atoms with E-state index in [1.807, 2.05) is 6.11 Å². The molecule has 0 saturated carbocycles. The molecule has 0 amide bonds. The van der Waals surface area contributed by atoms with Crippen LogP contribution in [0.4, 0.5) is 0 Å². The lowest BCUT2D eigenvalue weighted by atomic mass is 10.5. The van der Waals surface area contributed by atoms with Crippen molar-refractivity contribution >= 4 is 5.97 Å². The molecule has 0 atom stereocenters. The van der Waals surface area contributed by atoms with Crippen LogP contribution in [0, 0.1) is 12.5 Å². The third kappa shape index (κ3) is 4.83. The number of hydrogen-bond acceptors (Lipinski definition) is 2. The molecule has 44 valence electrons. The van der Waals surface area contributed by atoms with Gasteiger partial charge < -0.3 is 9.84 Å².